The molecule has 1 N–H and O–H groups in total. The zero-order chi connectivity index (χ0) is 32.5. The number of carbonyl (C=O) groups is 2. The van der Waals surface area contributed by atoms with Gasteiger partial charge in [0, 0.05) is 36.7 Å². The number of rotatable bonds is 9. The quantitative estimate of drug-likeness (QED) is 0.137. The van der Waals surface area contributed by atoms with E-state index in [2.05, 4.69) is 11.9 Å². The van der Waals surface area contributed by atoms with Gasteiger partial charge in [0.25, 0.3) is 11.8 Å². The molecule has 0 radical (unpaired) electrons. The molecule has 1 aromatic heterocycles. The fourth-order valence-corrected chi connectivity index (χ4v) is 7.37. The highest BCUT2D eigenvalue weighted by Gasteiger charge is 2.39. The van der Waals surface area contributed by atoms with E-state index in [-0.39, 0.29) is 43.1 Å². The van der Waals surface area contributed by atoms with Gasteiger partial charge in [0.15, 0.2) is 11.4 Å². The van der Waals surface area contributed by atoms with E-state index in [1.165, 1.54) is 4.90 Å². The van der Waals surface area contributed by atoms with Crippen LogP contribution < -0.4 is 0 Å². The number of thioether (sulfide) groups is 1. The molecule has 0 spiro atoms. The molecule has 1 saturated heterocycles. The fraction of sp³-hybridized carbons (Fsp3) is 0.237. The minimum Gasteiger partial charge on any atom is -0.392 e. The summed E-state index contributed by atoms with van der Waals surface area (Å²) < 4.78 is 15.3. The number of nitrogens with zero attached hydrogens (tertiary/aromatic N) is 3. The molecule has 7 rings (SSSR count). The Morgan fingerprint density at radius 1 is 0.809 bits per heavy atom. The summed E-state index contributed by atoms with van der Waals surface area (Å²) in [5.41, 5.74) is 6.46. The molecule has 2 aliphatic rings. The van der Waals surface area contributed by atoms with Gasteiger partial charge in [-0.05, 0) is 39.9 Å². The number of carbonyl (C=O) groups excluding carboxylic acids is 2. The smallest absolute Gasteiger partial charge is 0.261 e. The maximum Gasteiger partial charge on any atom is 0.261 e. The van der Waals surface area contributed by atoms with Crippen molar-refractivity contribution in [3.63, 3.8) is 0 Å². The van der Waals surface area contributed by atoms with Gasteiger partial charge in [0.2, 0.25) is 0 Å². The van der Waals surface area contributed by atoms with Crippen LogP contribution in [-0.2, 0) is 29.7 Å². The summed E-state index contributed by atoms with van der Waals surface area (Å²) in [5.74, 6) is 0.230. The minimum atomic E-state index is -0.594. The summed E-state index contributed by atoms with van der Waals surface area (Å²) >= 11 is 1.66. The highest BCUT2D eigenvalue weighted by molar-refractivity contribution is 7.99. The van der Waals surface area contributed by atoms with Gasteiger partial charge in [-0.15, -0.1) is 0 Å². The molecule has 0 bridgehead atoms. The van der Waals surface area contributed by atoms with Gasteiger partial charge in [0.1, 0.15) is 0 Å². The first kappa shape index (κ1) is 31.1. The second kappa shape index (κ2) is 13.3. The van der Waals surface area contributed by atoms with E-state index in [1.54, 1.807) is 42.2 Å². The van der Waals surface area contributed by atoms with Crippen molar-refractivity contribution in [2.75, 3.05) is 5.75 Å². The first-order valence-corrected chi connectivity index (χ1v) is 16.6. The van der Waals surface area contributed by atoms with Crippen LogP contribution in [0.3, 0.4) is 0 Å². The molecule has 9 heteroatoms. The van der Waals surface area contributed by atoms with E-state index in [4.69, 9.17) is 9.47 Å². The van der Waals surface area contributed by atoms with Gasteiger partial charge in [0.05, 0.1) is 36.5 Å². The lowest BCUT2D eigenvalue weighted by Crippen LogP contribution is -2.38. The largest absolute Gasteiger partial charge is 0.392 e. The fourth-order valence-electron chi connectivity index (χ4n) is 6.27. The van der Waals surface area contributed by atoms with Crippen molar-refractivity contribution in [3.05, 3.63) is 143 Å². The van der Waals surface area contributed by atoms with E-state index in [1.807, 2.05) is 90.6 Å². The number of hydrogen-bond donors (Lipinski definition) is 1. The Morgan fingerprint density at radius 2 is 1.45 bits per heavy atom. The van der Waals surface area contributed by atoms with E-state index in [0.29, 0.717) is 16.9 Å². The maximum absolute atomic E-state index is 13.1. The van der Waals surface area contributed by atoms with Crippen LogP contribution in [0, 0.1) is 5.92 Å². The Balaban J connectivity index is 1.13. The van der Waals surface area contributed by atoms with Gasteiger partial charge in [-0.1, -0.05) is 104 Å². The normalized spacial score (nSPS) is 20.9. The van der Waals surface area contributed by atoms with E-state index in [9.17, 15) is 14.7 Å². The molecule has 2 amide bonds. The highest BCUT2D eigenvalue weighted by Crippen LogP contribution is 2.43. The van der Waals surface area contributed by atoms with Gasteiger partial charge in [-0.2, -0.15) is 0 Å². The molecule has 2 aliphatic heterocycles. The van der Waals surface area contributed by atoms with Crippen LogP contribution in [0.25, 0.3) is 11.1 Å². The lowest BCUT2D eigenvalue weighted by molar-refractivity contribution is -0.268. The number of aromatic nitrogens is 2. The number of amides is 2. The Labute approximate surface area is 278 Å². The van der Waals surface area contributed by atoms with Gasteiger partial charge in [-0.3, -0.25) is 14.5 Å². The van der Waals surface area contributed by atoms with Gasteiger partial charge in [-0.25, -0.2) is 4.98 Å². The molecule has 4 atom stereocenters. The first-order valence-electron chi connectivity index (χ1n) is 15.7. The summed E-state index contributed by atoms with van der Waals surface area (Å²) in [6.07, 6.45) is 2.81. The molecule has 5 aromatic rings. The molecule has 238 valence electrons. The van der Waals surface area contributed by atoms with Crippen LogP contribution in [-0.4, -0.2) is 43.2 Å². The van der Waals surface area contributed by atoms with E-state index >= 15 is 0 Å². The number of hydrogen-bond acceptors (Lipinski definition) is 7. The van der Waals surface area contributed by atoms with Crippen molar-refractivity contribution in [2.45, 2.75) is 43.7 Å². The van der Waals surface area contributed by atoms with Crippen molar-refractivity contribution in [1.82, 2.24) is 14.5 Å². The number of imide groups is 1. The number of aryl methyl sites for hydroxylation is 1. The van der Waals surface area contributed by atoms with E-state index in [0.717, 1.165) is 38.5 Å². The second-order valence-corrected chi connectivity index (χ2v) is 13.0. The number of fused-ring (bicyclic) bond motifs is 1. The van der Waals surface area contributed by atoms with Crippen LogP contribution in [0.2, 0.25) is 0 Å². The topological polar surface area (TPSA) is 93.9 Å². The molecule has 47 heavy (non-hydrogen) atoms. The average molecular weight is 646 g/mol. The summed E-state index contributed by atoms with van der Waals surface area (Å²) in [7, 11) is 1.98. The number of imidazole rings is 1. The van der Waals surface area contributed by atoms with Gasteiger partial charge >= 0.3 is 0 Å². The highest BCUT2D eigenvalue weighted by atomic mass is 32.2. The molecule has 1 fully saturated rings. The third-order valence-corrected chi connectivity index (χ3v) is 10.1. The molecular weight excluding hydrogens is 611 g/mol. The predicted octanol–water partition coefficient (Wildman–Crippen LogP) is 6.96. The van der Waals surface area contributed by atoms with E-state index < -0.39 is 6.29 Å². The Morgan fingerprint density at radius 3 is 2.09 bits per heavy atom. The van der Waals surface area contributed by atoms with Crippen molar-refractivity contribution in [3.8, 4) is 11.1 Å². The summed E-state index contributed by atoms with van der Waals surface area (Å²) in [6.45, 7) is 2.33. The monoisotopic (exact) mass is 645 g/mol. The average Bonchev–Trinajstić information content (AvgIpc) is 3.63. The van der Waals surface area contributed by atoms with Crippen molar-refractivity contribution in [1.29, 1.82) is 0 Å². The lowest BCUT2D eigenvalue weighted by Gasteiger charge is -2.41. The third kappa shape index (κ3) is 6.15. The predicted molar refractivity (Wildman–Crippen MR) is 179 cm³/mol. The second-order valence-electron chi connectivity index (χ2n) is 12.0. The van der Waals surface area contributed by atoms with Crippen LogP contribution in [0.5, 0.6) is 0 Å². The Bertz CT molecular complexity index is 1870. The molecule has 4 aromatic carbocycles. The zero-order valence-corrected chi connectivity index (χ0v) is 27.0. The lowest BCUT2D eigenvalue weighted by atomic mass is 9.91. The number of aliphatic hydroxyl groups is 1. The standard InChI is InChI=1S/C38H35N3O5S/c1-24-33(23-47-38-39-19-20-40(38)2)45-37(46-34(24)27-13-11-25(22-42)12-14-27)28-17-15-26(16-18-28)30-8-4-3-7-29(30)21-41-35(43)31-9-5-6-10-32(31)36(41)44/h3-20,24,33-34,37,42H,21-23H2,1-2H3/t24-,33+,34+,37+/m0/s1. The van der Waals surface area contributed by atoms with Crippen LogP contribution in [0.15, 0.2) is 115 Å². The van der Waals surface area contributed by atoms with Crippen molar-refractivity contribution < 1.29 is 24.2 Å². The van der Waals surface area contributed by atoms with Crippen LogP contribution >= 0.6 is 11.8 Å². The maximum atomic E-state index is 13.1. The van der Waals surface area contributed by atoms with Gasteiger partial charge < -0.3 is 19.1 Å². The first-order chi connectivity index (χ1) is 22.9. The minimum absolute atomic E-state index is 0.0101. The molecule has 3 heterocycles. The Kier molecular flexibility index (Phi) is 8.79. The SMILES string of the molecule is C[C@H]1[C@@H](CSc2nccn2C)O[C@@H](c2ccc(-c3ccccc3CN3C(=O)c4ccccc4C3=O)cc2)O[C@H]1c1ccc(CO)cc1. The summed E-state index contributed by atoms with van der Waals surface area (Å²) in [4.78, 5) is 31.9. The zero-order valence-electron chi connectivity index (χ0n) is 26.2. The molecule has 0 unspecified atom stereocenters. The summed E-state index contributed by atoms with van der Waals surface area (Å²) in [6, 6.07) is 30.8. The molecule has 0 saturated carbocycles. The summed E-state index contributed by atoms with van der Waals surface area (Å²) in [5, 5.41) is 10.5. The van der Waals surface area contributed by atoms with Crippen LogP contribution in [0.1, 0.15) is 62.3 Å². The van der Waals surface area contributed by atoms with Crippen molar-refractivity contribution >= 4 is 23.6 Å². The number of aliphatic hydroxyl groups excluding tert-OH is 1. The number of benzene rings is 4. The molecule has 8 nitrogen and oxygen atoms in total. The third-order valence-electron chi connectivity index (χ3n) is 8.99. The number of ether oxygens (including phenoxy) is 2. The Hall–Kier alpha value is -4.54. The molecule has 0 aliphatic carbocycles. The van der Waals surface area contributed by atoms with Crippen LogP contribution in [0.4, 0.5) is 0 Å². The van der Waals surface area contributed by atoms with Crippen molar-refractivity contribution in [2.24, 2.45) is 13.0 Å². The molecular formula is C38H35N3O5S.